The lowest BCUT2D eigenvalue weighted by Crippen LogP contribution is -2.24. The largest absolute Gasteiger partial charge is 0.485 e. The summed E-state index contributed by atoms with van der Waals surface area (Å²) in [4.78, 5) is 0. The fourth-order valence-corrected chi connectivity index (χ4v) is 3.00. The minimum absolute atomic E-state index is 0.0984. The summed E-state index contributed by atoms with van der Waals surface area (Å²) in [6.45, 7) is 0. The molecule has 0 amide bonds. The third-order valence-electron chi connectivity index (χ3n) is 3.44. The van der Waals surface area contributed by atoms with E-state index in [1.165, 1.54) is 6.07 Å². The van der Waals surface area contributed by atoms with Gasteiger partial charge in [-0.1, -0.05) is 39.7 Å². The molecule has 1 unspecified atom stereocenters. The molecule has 2 atom stereocenters. The molecule has 1 heterocycles. The summed E-state index contributed by atoms with van der Waals surface area (Å²) in [6, 6.07) is 10.4. The minimum atomic E-state index is -0.438. The van der Waals surface area contributed by atoms with E-state index in [1.807, 2.05) is 18.2 Å². The Bertz CT molecular complexity index is 664. The molecule has 104 valence electrons. The normalized spacial score (nSPS) is 21.2. The van der Waals surface area contributed by atoms with Crippen LogP contribution in [0.25, 0.3) is 0 Å². The van der Waals surface area contributed by atoms with E-state index in [4.69, 9.17) is 22.1 Å². The summed E-state index contributed by atoms with van der Waals surface area (Å²) in [5.41, 5.74) is 7.55. The summed E-state index contributed by atoms with van der Waals surface area (Å²) in [7, 11) is 0. The van der Waals surface area contributed by atoms with Crippen molar-refractivity contribution in [3.8, 4) is 5.75 Å². The van der Waals surface area contributed by atoms with Crippen molar-refractivity contribution in [1.29, 1.82) is 0 Å². The van der Waals surface area contributed by atoms with Crippen molar-refractivity contribution >= 4 is 27.5 Å². The minimum Gasteiger partial charge on any atom is -0.485 e. The van der Waals surface area contributed by atoms with Gasteiger partial charge in [-0.2, -0.15) is 0 Å². The molecule has 5 heteroatoms. The quantitative estimate of drug-likeness (QED) is 0.799. The Morgan fingerprint density at radius 2 is 2.05 bits per heavy atom. The van der Waals surface area contributed by atoms with Crippen molar-refractivity contribution in [3.63, 3.8) is 0 Å². The maximum atomic E-state index is 14.1. The number of benzene rings is 2. The monoisotopic (exact) mass is 355 g/mol. The molecule has 0 aromatic heterocycles. The van der Waals surface area contributed by atoms with E-state index in [2.05, 4.69) is 15.9 Å². The predicted molar refractivity (Wildman–Crippen MR) is 80.5 cm³/mol. The van der Waals surface area contributed by atoms with E-state index >= 15 is 0 Å². The average molecular weight is 357 g/mol. The first-order valence-corrected chi connectivity index (χ1v) is 7.39. The van der Waals surface area contributed by atoms with Gasteiger partial charge in [0.05, 0.1) is 5.02 Å². The third kappa shape index (κ3) is 2.43. The first kappa shape index (κ1) is 13.9. The molecule has 2 aromatic carbocycles. The first-order valence-electron chi connectivity index (χ1n) is 6.22. The van der Waals surface area contributed by atoms with E-state index in [-0.39, 0.29) is 11.1 Å². The standard InChI is InChI=1S/C15H12BrClFNO/c16-8-4-5-13-10(6-8)12(19)7-14(20-13)9-2-1-3-11(17)15(9)18/h1-6,12,14H,7,19H2/t12-,14?/m1/s1. The SMILES string of the molecule is N[C@@H]1CC(c2cccc(Cl)c2F)Oc2ccc(Br)cc21. The van der Waals surface area contributed by atoms with Gasteiger partial charge in [0.1, 0.15) is 17.7 Å². The van der Waals surface area contributed by atoms with Crippen molar-refractivity contribution in [1.82, 2.24) is 0 Å². The van der Waals surface area contributed by atoms with Gasteiger partial charge in [0, 0.05) is 28.1 Å². The fourth-order valence-electron chi connectivity index (χ4n) is 2.43. The Balaban J connectivity index is 1.99. The summed E-state index contributed by atoms with van der Waals surface area (Å²) in [5, 5.41) is 0.0984. The maximum Gasteiger partial charge on any atom is 0.148 e. The highest BCUT2D eigenvalue weighted by molar-refractivity contribution is 9.10. The highest BCUT2D eigenvalue weighted by atomic mass is 79.9. The van der Waals surface area contributed by atoms with Crippen LogP contribution in [0.5, 0.6) is 5.75 Å². The van der Waals surface area contributed by atoms with Gasteiger partial charge in [-0.05, 0) is 24.3 Å². The number of ether oxygens (including phenoxy) is 1. The third-order valence-corrected chi connectivity index (χ3v) is 4.22. The van der Waals surface area contributed by atoms with Gasteiger partial charge in [-0.25, -0.2) is 4.39 Å². The second-order valence-electron chi connectivity index (χ2n) is 4.77. The zero-order valence-corrected chi connectivity index (χ0v) is 12.8. The van der Waals surface area contributed by atoms with Gasteiger partial charge in [0.2, 0.25) is 0 Å². The second-order valence-corrected chi connectivity index (χ2v) is 6.10. The molecule has 0 radical (unpaired) electrons. The summed E-state index contributed by atoms with van der Waals surface area (Å²) < 4.78 is 20.9. The Morgan fingerprint density at radius 3 is 2.85 bits per heavy atom. The average Bonchev–Trinajstić information content (AvgIpc) is 2.42. The topological polar surface area (TPSA) is 35.2 Å². The zero-order valence-electron chi connectivity index (χ0n) is 10.4. The Labute approximate surface area is 129 Å². The Hall–Kier alpha value is -1.10. The summed E-state index contributed by atoms with van der Waals surface area (Å²) in [6.07, 6.45) is 0.0955. The van der Waals surface area contributed by atoms with Crippen molar-refractivity contribution in [3.05, 3.63) is 62.8 Å². The van der Waals surface area contributed by atoms with Crippen LogP contribution in [-0.2, 0) is 0 Å². The van der Waals surface area contributed by atoms with Crippen LogP contribution in [0.2, 0.25) is 5.02 Å². The van der Waals surface area contributed by atoms with Gasteiger partial charge in [-0.3, -0.25) is 0 Å². The molecule has 2 N–H and O–H groups in total. The molecule has 0 saturated heterocycles. The van der Waals surface area contributed by atoms with E-state index in [9.17, 15) is 4.39 Å². The molecule has 0 spiro atoms. The van der Waals surface area contributed by atoms with E-state index in [0.717, 1.165) is 10.0 Å². The zero-order chi connectivity index (χ0) is 14.3. The molecule has 2 aromatic rings. The molecule has 1 aliphatic heterocycles. The number of halogens is 3. The van der Waals surface area contributed by atoms with E-state index < -0.39 is 11.9 Å². The lowest BCUT2D eigenvalue weighted by Gasteiger charge is -2.31. The molecule has 1 aliphatic rings. The molecule has 0 aliphatic carbocycles. The van der Waals surface area contributed by atoms with Crippen LogP contribution in [0, 0.1) is 5.82 Å². The van der Waals surface area contributed by atoms with Crippen molar-refractivity contribution in [2.24, 2.45) is 5.73 Å². The van der Waals surface area contributed by atoms with Crippen LogP contribution >= 0.6 is 27.5 Å². The molecular formula is C15H12BrClFNO. The number of rotatable bonds is 1. The van der Waals surface area contributed by atoms with Crippen molar-refractivity contribution in [2.45, 2.75) is 18.6 Å². The number of hydrogen-bond acceptors (Lipinski definition) is 2. The van der Waals surface area contributed by atoms with Crippen LogP contribution in [0.3, 0.4) is 0 Å². The van der Waals surface area contributed by atoms with Crippen LogP contribution < -0.4 is 10.5 Å². The van der Waals surface area contributed by atoms with Crippen LogP contribution in [-0.4, -0.2) is 0 Å². The van der Waals surface area contributed by atoms with Crippen LogP contribution in [0.1, 0.15) is 29.7 Å². The van der Waals surface area contributed by atoms with Gasteiger partial charge in [0.25, 0.3) is 0 Å². The van der Waals surface area contributed by atoms with E-state index in [0.29, 0.717) is 17.7 Å². The molecule has 20 heavy (non-hydrogen) atoms. The second kappa shape index (κ2) is 5.35. The Morgan fingerprint density at radius 1 is 1.25 bits per heavy atom. The highest BCUT2D eigenvalue weighted by Crippen LogP contribution is 2.41. The fraction of sp³-hybridized carbons (Fsp3) is 0.200. The number of hydrogen-bond donors (Lipinski definition) is 1. The molecular weight excluding hydrogens is 345 g/mol. The lowest BCUT2D eigenvalue weighted by molar-refractivity contribution is 0.157. The van der Waals surface area contributed by atoms with Gasteiger partial charge >= 0.3 is 0 Å². The smallest absolute Gasteiger partial charge is 0.148 e. The number of nitrogens with two attached hydrogens (primary N) is 1. The molecule has 0 saturated carbocycles. The summed E-state index contributed by atoms with van der Waals surface area (Å²) >= 11 is 9.23. The van der Waals surface area contributed by atoms with Gasteiger partial charge < -0.3 is 10.5 Å². The lowest BCUT2D eigenvalue weighted by atomic mass is 9.93. The van der Waals surface area contributed by atoms with E-state index in [1.54, 1.807) is 12.1 Å². The van der Waals surface area contributed by atoms with Gasteiger partial charge in [0.15, 0.2) is 0 Å². The van der Waals surface area contributed by atoms with Crippen molar-refractivity contribution in [2.75, 3.05) is 0 Å². The van der Waals surface area contributed by atoms with Gasteiger partial charge in [-0.15, -0.1) is 0 Å². The van der Waals surface area contributed by atoms with Crippen LogP contribution in [0.15, 0.2) is 40.9 Å². The molecule has 0 fully saturated rings. The Kier molecular flexibility index (Phi) is 3.71. The molecule has 2 nitrogen and oxygen atoms in total. The summed E-state index contributed by atoms with van der Waals surface area (Å²) in [5.74, 6) is 0.253. The molecule has 3 rings (SSSR count). The first-order chi connectivity index (χ1) is 9.56. The van der Waals surface area contributed by atoms with Crippen LogP contribution in [0.4, 0.5) is 4.39 Å². The van der Waals surface area contributed by atoms with Crippen molar-refractivity contribution < 1.29 is 9.13 Å². The number of fused-ring (bicyclic) bond motifs is 1. The predicted octanol–water partition coefficient (Wildman–Crippen LogP) is 4.77. The molecule has 0 bridgehead atoms. The maximum absolute atomic E-state index is 14.1. The highest BCUT2D eigenvalue weighted by Gasteiger charge is 2.29.